The molecule has 0 saturated carbocycles. The van der Waals surface area contributed by atoms with Gasteiger partial charge in [-0.05, 0) is 47.0 Å². The van der Waals surface area contributed by atoms with Gasteiger partial charge in [0.2, 0.25) is 5.91 Å². The Hall–Kier alpha value is -4.67. The Kier molecular flexibility index (Phi) is 12.1. The molecule has 3 aromatic carbocycles. The maximum atomic E-state index is 13.0. The van der Waals surface area contributed by atoms with Crippen molar-refractivity contribution in [3.63, 3.8) is 0 Å². The number of hydrogen-bond donors (Lipinski definition) is 2. The minimum Gasteiger partial charge on any atom is -0.497 e. The molecule has 1 aliphatic heterocycles. The molecule has 3 N–H and O–H groups in total. The van der Waals surface area contributed by atoms with Crippen LogP contribution in [-0.2, 0) is 28.9 Å². The maximum absolute atomic E-state index is 13.0. The van der Waals surface area contributed by atoms with E-state index in [1.807, 2.05) is 84.9 Å². The maximum Gasteiger partial charge on any atom is 0.351 e. The Morgan fingerprint density at radius 1 is 1.02 bits per heavy atom. The van der Waals surface area contributed by atoms with Crippen molar-refractivity contribution in [2.24, 2.45) is 5.50 Å². The molecule has 4 aromatic rings. The summed E-state index contributed by atoms with van der Waals surface area (Å²) in [4.78, 5) is 28.5. The molecule has 1 unspecified atom stereocenters. The second-order valence-electron chi connectivity index (χ2n) is 11.0. The molecule has 0 bridgehead atoms. The number of carbonyl (C=O) groups excluding carboxylic acids is 1. The van der Waals surface area contributed by atoms with Crippen molar-refractivity contribution in [1.82, 2.24) is 9.55 Å². The van der Waals surface area contributed by atoms with Gasteiger partial charge in [0, 0.05) is 19.5 Å². The molecular formula is C35H38N5O8P. The Bertz CT molecular complexity index is 1740. The van der Waals surface area contributed by atoms with Crippen LogP contribution in [0, 0.1) is 11.3 Å². The molecule has 1 fully saturated rings. The number of nitrogens with one attached hydrogen (secondary N) is 1. The molecule has 4 atom stereocenters. The van der Waals surface area contributed by atoms with Crippen LogP contribution in [0.2, 0.25) is 0 Å². The lowest BCUT2D eigenvalue weighted by molar-refractivity contribution is -0.114. The van der Waals surface area contributed by atoms with Crippen LogP contribution in [0.4, 0.5) is 5.82 Å². The smallest absolute Gasteiger partial charge is 0.351 e. The third-order valence-electron chi connectivity index (χ3n) is 7.93. The van der Waals surface area contributed by atoms with Crippen LogP contribution in [0.3, 0.4) is 0 Å². The van der Waals surface area contributed by atoms with Gasteiger partial charge in [-0.3, -0.25) is 14.9 Å². The zero-order valence-corrected chi connectivity index (χ0v) is 28.2. The molecule has 13 nitrogen and oxygen atoms in total. The van der Waals surface area contributed by atoms with E-state index in [1.165, 1.54) is 23.8 Å². The Morgan fingerprint density at radius 2 is 1.63 bits per heavy atom. The molecule has 2 heterocycles. The molecule has 1 saturated heterocycles. The van der Waals surface area contributed by atoms with Crippen LogP contribution < -0.4 is 26.0 Å². The second-order valence-corrected chi connectivity index (χ2v) is 12.1. The topological polar surface area (TPSA) is 169 Å². The average Bonchev–Trinajstić information content (AvgIpc) is 3.51. The zero-order chi connectivity index (χ0) is 34.8. The van der Waals surface area contributed by atoms with Crippen molar-refractivity contribution in [1.29, 1.82) is 5.26 Å². The summed E-state index contributed by atoms with van der Waals surface area (Å²) in [7, 11) is 1.33. The van der Waals surface area contributed by atoms with Gasteiger partial charge >= 0.3 is 5.69 Å². The van der Waals surface area contributed by atoms with Crippen LogP contribution in [0.25, 0.3) is 0 Å². The van der Waals surface area contributed by atoms with Gasteiger partial charge in [-0.15, -0.1) is 0 Å². The summed E-state index contributed by atoms with van der Waals surface area (Å²) < 4.78 is 37.5. The Morgan fingerprint density at radius 3 is 2.18 bits per heavy atom. The van der Waals surface area contributed by atoms with Gasteiger partial charge in [-0.25, -0.2) is 4.79 Å². The van der Waals surface area contributed by atoms with Gasteiger partial charge in [-0.1, -0.05) is 54.6 Å². The van der Waals surface area contributed by atoms with Crippen LogP contribution in [0.5, 0.6) is 11.5 Å². The van der Waals surface area contributed by atoms with Crippen molar-refractivity contribution >= 4 is 20.3 Å². The van der Waals surface area contributed by atoms with Gasteiger partial charge in [-0.2, -0.15) is 10.2 Å². The molecule has 5 rings (SSSR count). The van der Waals surface area contributed by atoms with Gasteiger partial charge < -0.3 is 33.3 Å². The summed E-state index contributed by atoms with van der Waals surface area (Å²) in [5.74, 6) is 1.15. The number of anilines is 1. The average molecular weight is 688 g/mol. The molecule has 1 aromatic heterocycles. The number of rotatable bonds is 15. The van der Waals surface area contributed by atoms with Gasteiger partial charge in [0.15, 0.2) is 0 Å². The number of ether oxygens (including phenoxy) is 4. The second kappa shape index (κ2) is 16.6. The monoisotopic (exact) mass is 687 g/mol. The van der Waals surface area contributed by atoms with E-state index >= 15 is 0 Å². The van der Waals surface area contributed by atoms with Crippen molar-refractivity contribution in [2.75, 3.05) is 32.8 Å². The third kappa shape index (κ3) is 8.50. The predicted molar refractivity (Wildman–Crippen MR) is 182 cm³/mol. The highest BCUT2D eigenvalue weighted by atomic mass is 31.2. The summed E-state index contributed by atoms with van der Waals surface area (Å²) in [6.07, 6.45) is -0.300. The van der Waals surface area contributed by atoms with Crippen molar-refractivity contribution < 1.29 is 32.8 Å². The van der Waals surface area contributed by atoms with E-state index in [2.05, 4.69) is 10.3 Å². The molecule has 0 spiro atoms. The number of nitrogens with two attached hydrogens (primary N) is 1. The van der Waals surface area contributed by atoms with E-state index in [-0.39, 0.29) is 37.8 Å². The SMILES string of the molecule is COc1ccc(C(OC[C@H]2O[C@@H](n3ccc(NC(C)=O)nc3=O)C[C@@H]2OP(N)OCCC#N)(c2ccccc2)c2ccc(OC)cc2)cc1. The van der Waals surface area contributed by atoms with Gasteiger partial charge in [0.25, 0.3) is 8.53 Å². The lowest BCUT2D eigenvalue weighted by Gasteiger charge is -2.37. The first-order chi connectivity index (χ1) is 23.8. The van der Waals surface area contributed by atoms with E-state index in [0.29, 0.717) is 11.5 Å². The van der Waals surface area contributed by atoms with Crippen molar-refractivity contribution in [2.45, 2.75) is 43.8 Å². The van der Waals surface area contributed by atoms with Crippen LogP contribution >= 0.6 is 8.53 Å². The third-order valence-corrected chi connectivity index (χ3v) is 8.85. The molecule has 0 radical (unpaired) electrons. The van der Waals surface area contributed by atoms with E-state index in [9.17, 15) is 9.59 Å². The summed E-state index contributed by atoms with van der Waals surface area (Å²) >= 11 is 0. The fourth-order valence-electron chi connectivity index (χ4n) is 5.64. The van der Waals surface area contributed by atoms with Crippen LogP contribution in [0.15, 0.2) is 95.9 Å². The predicted octanol–water partition coefficient (Wildman–Crippen LogP) is 5.02. The number of benzene rings is 3. The zero-order valence-electron chi connectivity index (χ0n) is 27.4. The Labute approximate surface area is 285 Å². The first-order valence-electron chi connectivity index (χ1n) is 15.5. The molecular weight excluding hydrogens is 649 g/mol. The quantitative estimate of drug-likeness (QED) is 0.0978. The van der Waals surface area contributed by atoms with E-state index in [0.717, 1.165) is 16.7 Å². The number of amides is 1. The highest BCUT2D eigenvalue weighted by Crippen LogP contribution is 2.44. The first-order valence-corrected chi connectivity index (χ1v) is 16.7. The van der Waals surface area contributed by atoms with Crippen molar-refractivity contribution in [3.8, 4) is 17.6 Å². The molecule has 256 valence electrons. The molecule has 0 aliphatic carbocycles. The van der Waals surface area contributed by atoms with E-state index < -0.39 is 38.3 Å². The van der Waals surface area contributed by atoms with Crippen molar-refractivity contribution in [3.05, 3.63) is 118 Å². The molecule has 14 heteroatoms. The standard InChI is InChI=1S/C35H38N5O8P/c1-24(41)38-32-18-20-40(34(42)39-32)33-22-30(48-49(37)46-21-7-19-36)31(47-33)23-45-35(25-8-5-4-6-9-25,26-10-14-28(43-2)15-11-26)27-12-16-29(44-3)17-13-27/h4-6,8-18,20,30-31,33H,7,21-23,37H2,1-3H3,(H,38,39,41,42)/t30-,31+,33+,49?/m0/s1. The highest BCUT2D eigenvalue weighted by Gasteiger charge is 2.44. The number of carbonyl (C=O) groups is 1. The first kappa shape index (κ1) is 35.6. The van der Waals surface area contributed by atoms with Gasteiger partial charge in [0.05, 0.1) is 46.0 Å². The normalized spacial score (nSPS) is 18.0. The number of methoxy groups -OCH3 is 2. The number of aromatic nitrogens is 2. The molecule has 49 heavy (non-hydrogen) atoms. The summed E-state index contributed by atoms with van der Waals surface area (Å²) in [6.45, 7) is 1.44. The summed E-state index contributed by atoms with van der Waals surface area (Å²) in [6, 6.07) is 28.6. The van der Waals surface area contributed by atoms with E-state index in [1.54, 1.807) is 14.2 Å². The molecule has 1 aliphatic rings. The number of nitrogens with zero attached hydrogens (tertiary/aromatic N) is 3. The Balaban J connectivity index is 1.52. The largest absolute Gasteiger partial charge is 0.497 e. The van der Waals surface area contributed by atoms with Gasteiger partial charge in [0.1, 0.15) is 35.2 Å². The fraction of sp³-hybridized carbons (Fsp3) is 0.314. The van der Waals surface area contributed by atoms with E-state index in [4.69, 9.17) is 38.8 Å². The number of nitriles is 1. The van der Waals surface area contributed by atoms with Crippen LogP contribution in [0.1, 0.15) is 42.7 Å². The summed E-state index contributed by atoms with van der Waals surface area (Å²) in [5, 5.41) is 11.4. The fourth-order valence-corrected chi connectivity index (χ4v) is 6.46. The minimum absolute atomic E-state index is 0.00163. The molecule has 1 amide bonds. The minimum atomic E-state index is -1.89. The van der Waals surface area contributed by atoms with Crippen LogP contribution in [-0.4, -0.2) is 55.1 Å². The summed E-state index contributed by atoms with van der Waals surface area (Å²) in [5.41, 5.74) is 6.96. The lowest BCUT2D eigenvalue weighted by atomic mass is 9.80. The highest BCUT2D eigenvalue weighted by molar-refractivity contribution is 7.44. The lowest BCUT2D eigenvalue weighted by Crippen LogP contribution is -2.38. The number of hydrogen-bond acceptors (Lipinski definition) is 11.